The Kier molecular flexibility index (Phi) is 5.56. The van der Waals surface area contributed by atoms with Crippen molar-refractivity contribution in [2.75, 3.05) is 4.72 Å². The molecular formula is C17H20N2O4S. The van der Waals surface area contributed by atoms with E-state index in [1.54, 1.807) is 6.07 Å². The first-order valence-electron chi connectivity index (χ1n) is 7.71. The van der Waals surface area contributed by atoms with Gasteiger partial charge in [-0.25, -0.2) is 8.42 Å². The number of nitro groups is 1. The molecule has 0 amide bonds. The van der Waals surface area contributed by atoms with Crippen LogP contribution in [-0.2, 0) is 28.6 Å². The number of sulfonamides is 1. The van der Waals surface area contributed by atoms with Crippen LogP contribution in [0.3, 0.4) is 0 Å². The van der Waals surface area contributed by atoms with Gasteiger partial charge in [0.15, 0.2) is 0 Å². The summed E-state index contributed by atoms with van der Waals surface area (Å²) >= 11 is 0. The van der Waals surface area contributed by atoms with Crippen LogP contribution in [0, 0.1) is 10.1 Å². The van der Waals surface area contributed by atoms with Crippen LogP contribution in [0.15, 0.2) is 42.5 Å². The van der Waals surface area contributed by atoms with Crippen molar-refractivity contribution in [2.24, 2.45) is 0 Å². The highest BCUT2D eigenvalue weighted by Gasteiger charge is 2.17. The third kappa shape index (κ3) is 4.32. The Morgan fingerprint density at radius 3 is 2.17 bits per heavy atom. The van der Waals surface area contributed by atoms with Gasteiger partial charge in [0.1, 0.15) is 0 Å². The molecule has 0 fully saturated rings. The topological polar surface area (TPSA) is 89.3 Å². The van der Waals surface area contributed by atoms with Crippen molar-refractivity contribution >= 4 is 21.4 Å². The summed E-state index contributed by atoms with van der Waals surface area (Å²) < 4.78 is 27.7. The van der Waals surface area contributed by atoms with Crippen molar-refractivity contribution in [3.63, 3.8) is 0 Å². The Bertz CT molecular complexity index is 825. The van der Waals surface area contributed by atoms with E-state index in [0.717, 1.165) is 11.1 Å². The summed E-state index contributed by atoms with van der Waals surface area (Å²) in [4.78, 5) is 10.3. The lowest BCUT2D eigenvalue weighted by molar-refractivity contribution is -0.384. The maximum absolute atomic E-state index is 12.5. The van der Waals surface area contributed by atoms with E-state index < -0.39 is 14.9 Å². The predicted octanol–water partition coefficient (Wildman–Crippen LogP) is 3.66. The van der Waals surface area contributed by atoms with Gasteiger partial charge in [-0.1, -0.05) is 44.2 Å². The van der Waals surface area contributed by atoms with E-state index in [-0.39, 0.29) is 11.4 Å². The molecule has 1 N–H and O–H groups in total. The average Bonchev–Trinajstić information content (AvgIpc) is 2.54. The minimum absolute atomic E-state index is 0.120. The highest BCUT2D eigenvalue weighted by molar-refractivity contribution is 7.91. The minimum atomic E-state index is -3.67. The molecule has 7 heteroatoms. The molecule has 128 valence electrons. The summed E-state index contributed by atoms with van der Waals surface area (Å²) in [5.41, 5.74) is 2.73. The van der Waals surface area contributed by atoms with Gasteiger partial charge in [-0.2, -0.15) is 0 Å². The molecule has 0 heterocycles. The Labute approximate surface area is 141 Å². The molecule has 6 nitrogen and oxygen atoms in total. The number of aryl methyl sites for hydroxylation is 2. The van der Waals surface area contributed by atoms with Crippen LogP contribution in [0.2, 0.25) is 0 Å². The van der Waals surface area contributed by atoms with Gasteiger partial charge in [-0.3, -0.25) is 14.8 Å². The number of hydrogen-bond acceptors (Lipinski definition) is 4. The molecule has 2 aromatic rings. The molecular weight excluding hydrogens is 328 g/mol. The quantitative estimate of drug-likeness (QED) is 0.611. The van der Waals surface area contributed by atoms with Crippen LogP contribution in [0.25, 0.3) is 0 Å². The normalized spacial score (nSPS) is 11.2. The number of hydrogen-bond donors (Lipinski definition) is 1. The molecule has 0 saturated heterocycles. The third-order valence-corrected chi connectivity index (χ3v) is 4.96. The zero-order chi connectivity index (χ0) is 17.7. The number of rotatable bonds is 7. The van der Waals surface area contributed by atoms with Crippen molar-refractivity contribution < 1.29 is 13.3 Å². The molecule has 0 aliphatic heterocycles. The summed E-state index contributed by atoms with van der Waals surface area (Å²) in [7, 11) is -3.67. The van der Waals surface area contributed by atoms with Crippen molar-refractivity contribution in [3.8, 4) is 0 Å². The van der Waals surface area contributed by atoms with Gasteiger partial charge in [0.25, 0.3) is 5.69 Å². The first-order valence-corrected chi connectivity index (χ1v) is 9.36. The van der Waals surface area contributed by atoms with Gasteiger partial charge in [-0.05, 0) is 29.5 Å². The molecule has 0 radical (unpaired) electrons. The number of nitrogens with zero attached hydrogens (tertiary/aromatic N) is 1. The summed E-state index contributed by atoms with van der Waals surface area (Å²) in [6.07, 6.45) is 1.42. The Hall–Kier alpha value is -2.41. The van der Waals surface area contributed by atoms with E-state index in [2.05, 4.69) is 4.72 Å². The van der Waals surface area contributed by atoms with Gasteiger partial charge in [0.2, 0.25) is 10.0 Å². The van der Waals surface area contributed by atoms with Crippen molar-refractivity contribution in [3.05, 3.63) is 69.3 Å². The molecule has 0 aliphatic rings. The van der Waals surface area contributed by atoms with Crippen LogP contribution in [0.4, 0.5) is 11.4 Å². The maximum Gasteiger partial charge on any atom is 0.269 e. The van der Waals surface area contributed by atoms with Crippen molar-refractivity contribution in [2.45, 2.75) is 32.4 Å². The number of anilines is 1. The van der Waals surface area contributed by atoms with Crippen LogP contribution in [0.5, 0.6) is 0 Å². The summed E-state index contributed by atoms with van der Waals surface area (Å²) in [6.45, 7) is 3.93. The predicted molar refractivity (Wildman–Crippen MR) is 94.5 cm³/mol. The van der Waals surface area contributed by atoms with E-state index in [1.165, 1.54) is 18.2 Å². The van der Waals surface area contributed by atoms with Crippen LogP contribution < -0.4 is 4.72 Å². The van der Waals surface area contributed by atoms with Gasteiger partial charge in [0.05, 0.1) is 16.4 Å². The molecule has 0 aliphatic carbocycles. The van der Waals surface area contributed by atoms with E-state index in [0.29, 0.717) is 24.1 Å². The first-order chi connectivity index (χ1) is 11.4. The van der Waals surface area contributed by atoms with Gasteiger partial charge in [-0.15, -0.1) is 0 Å². The lowest BCUT2D eigenvalue weighted by Crippen LogP contribution is -2.17. The molecule has 24 heavy (non-hydrogen) atoms. The lowest BCUT2D eigenvalue weighted by Gasteiger charge is -2.15. The Balaban J connectivity index is 2.30. The van der Waals surface area contributed by atoms with Crippen LogP contribution >= 0.6 is 0 Å². The fraction of sp³-hybridized carbons (Fsp3) is 0.294. The summed E-state index contributed by atoms with van der Waals surface area (Å²) in [6, 6.07) is 11.4. The zero-order valence-corrected chi connectivity index (χ0v) is 14.5. The van der Waals surface area contributed by atoms with Crippen LogP contribution in [-0.4, -0.2) is 13.3 Å². The Morgan fingerprint density at radius 2 is 1.62 bits per heavy atom. The van der Waals surface area contributed by atoms with E-state index >= 15 is 0 Å². The Morgan fingerprint density at radius 1 is 1.04 bits per heavy atom. The fourth-order valence-electron chi connectivity index (χ4n) is 2.54. The average molecular weight is 348 g/mol. The van der Waals surface area contributed by atoms with E-state index in [1.807, 2.05) is 32.0 Å². The smallest absolute Gasteiger partial charge is 0.269 e. The van der Waals surface area contributed by atoms with Gasteiger partial charge in [0, 0.05) is 12.1 Å². The first kappa shape index (κ1) is 17.9. The number of nitro benzene ring substituents is 1. The SMILES string of the molecule is CCc1cccc(CC)c1NS(=O)(=O)Cc1cccc([N+](=O)[O-])c1. The number of benzene rings is 2. The maximum atomic E-state index is 12.5. The van der Waals surface area contributed by atoms with Crippen molar-refractivity contribution in [1.82, 2.24) is 0 Å². The molecule has 0 saturated carbocycles. The summed E-state index contributed by atoms with van der Waals surface area (Å²) in [5.74, 6) is -0.310. The van der Waals surface area contributed by atoms with Crippen LogP contribution in [0.1, 0.15) is 30.5 Å². The molecule has 2 aromatic carbocycles. The second-order valence-electron chi connectivity index (χ2n) is 5.45. The summed E-state index contributed by atoms with van der Waals surface area (Å²) in [5, 5.41) is 10.8. The third-order valence-electron chi connectivity index (χ3n) is 3.73. The molecule has 0 aromatic heterocycles. The number of para-hydroxylation sites is 1. The van der Waals surface area contributed by atoms with E-state index in [4.69, 9.17) is 0 Å². The minimum Gasteiger partial charge on any atom is -0.283 e. The molecule has 0 bridgehead atoms. The zero-order valence-electron chi connectivity index (χ0n) is 13.7. The molecule has 0 spiro atoms. The van der Waals surface area contributed by atoms with Gasteiger partial charge >= 0.3 is 0 Å². The highest BCUT2D eigenvalue weighted by atomic mass is 32.2. The van der Waals surface area contributed by atoms with Crippen molar-refractivity contribution in [1.29, 1.82) is 0 Å². The van der Waals surface area contributed by atoms with Gasteiger partial charge < -0.3 is 0 Å². The monoisotopic (exact) mass is 348 g/mol. The van der Waals surface area contributed by atoms with E-state index in [9.17, 15) is 18.5 Å². The second-order valence-corrected chi connectivity index (χ2v) is 7.17. The highest BCUT2D eigenvalue weighted by Crippen LogP contribution is 2.25. The number of non-ortho nitro benzene ring substituents is 1. The largest absolute Gasteiger partial charge is 0.283 e. The molecule has 2 rings (SSSR count). The number of nitrogens with one attached hydrogen (secondary N) is 1. The lowest BCUT2D eigenvalue weighted by atomic mass is 10.0. The molecule has 0 unspecified atom stereocenters. The fourth-order valence-corrected chi connectivity index (χ4v) is 3.81. The molecule has 0 atom stereocenters. The second kappa shape index (κ2) is 7.44. The standard InChI is InChI=1S/C17H20N2O4S/c1-3-14-8-6-9-15(4-2)17(14)18-24(22,23)12-13-7-5-10-16(11-13)19(20)21/h5-11,18H,3-4,12H2,1-2H3.